The molecule has 1 aliphatic rings. The molecule has 2 aromatic rings. The molecule has 5 nitrogen and oxygen atoms in total. The summed E-state index contributed by atoms with van der Waals surface area (Å²) >= 11 is 0. The first kappa shape index (κ1) is 16.6. The van der Waals surface area contributed by atoms with Gasteiger partial charge in [0.1, 0.15) is 5.69 Å². The number of rotatable bonds is 4. The highest BCUT2D eigenvalue weighted by molar-refractivity contribution is 5.98. The highest BCUT2D eigenvalue weighted by Crippen LogP contribution is 2.18. The lowest BCUT2D eigenvalue weighted by atomic mass is 10.0. The number of piperazine rings is 1. The van der Waals surface area contributed by atoms with E-state index in [0.717, 1.165) is 23.7 Å². The molecular weight excluding hydrogens is 302 g/mol. The SMILES string of the molecule is CCC(CC)C(=O)N1CCN(C(=O)c2cc3ccccc3[nH]2)CC1. The molecule has 1 aromatic carbocycles. The molecule has 0 radical (unpaired) electrons. The lowest BCUT2D eigenvalue weighted by Crippen LogP contribution is -2.52. The van der Waals surface area contributed by atoms with Crippen molar-refractivity contribution in [3.05, 3.63) is 36.0 Å². The third-order valence-electron chi connectivity index (χ3n) is 4.97. The van der Waals surface area contributed by atoms with E-state index in [1.54, 1.807) is 0 Å². The van der Waals surface area contributed by atoms with Gasteiger partial charge >= 0.3 is 0 Å². The van der Waals surface area contributed by atoms with Gasteiger partial charge in [0, 0.05) is 43.0 Å². The van der Waals surface area contributed by atoms with Crippen molar-refractivity contribution < 1.29 is 9.59 Å². The van der Waals surface area contributed by atoms with Gasteiger partial charge in [-0.15, -0.1) is 0 Å². The Morgan fingerprint density at radius 2 is 1.67 bits per heavy atom. The summed E-state index contributed by atoms with van der Waals surface area (Å²) in [6.07, 6.45) is 1.76. The van der Waals surface area contributed by atoms with Crippen molar-refractivity contribution >= 4 is 22.7 Å². The van der Waals surface area contributed by atoms with Crippen molar-refractivity contribution in [2.24, 2.45) is 5.92 Å². The standard InChI is InChI=1S/C19H25N3O2/c1-3-14(4-2)18(23)21-9-11-22(12-10-21)19(24)17-13-15-7-5-6-8-16(15)20-17/h5-8,13-14,20H,3-4,9-12H2,1-2H3. The Bertz CT molecular complexity index is 692. The molecule has 0 saturated carbocycles. The van der Waals surface area contributed by atoms with E-state index in [0.29, 0.717) is 31.9 Å². The molecule has 2 amide bonds. The first-order chi connectivity index (χ1) is 11.6. The highest BCUT2D eigenvalue weighted by Gasteiger charge is 2.28. The molecule has 1 aromatic heterocycles. The predicted octanol–water partition coefficient (Wildman–Crippen LogP) is 2.89. The second-order valence-corrected chi connectivity index (χ2v) is 6.40. The van der Waals surface area contributed by atoms with E-state index in [4.69, 9.17) is 0 Å². The van der Waals surface area contributed by atoms with Crippen molar-refractivity contribution in [2.75, 3.05) is 26.2 Å². The fourth-order valence-corrected chi connectivity index (χ4v) is 3.38. The number of aromatic amines is 1. The van der Waals surface area contributed by atoms with Crippen LogP contribution in [0.15, 0.2) is 30.3 Å². The number of benzene rings is 1. The monoisotopic (exact) mass is 327 g/mol. The molecule has 5 heteroatoms. The van der Waals surface area contributed by atoms with E-state index >= 15 is 0 Å². The minimum Gasteiger partial charge on any atom is -0.351 e. The molecule has 128 valence electrons. The fraction of sp³-hybridized carbons (Fsp3) is 0.474. The first-order valence-corrected chi connectivity index (χ1v) is 8.79. The molecule has 0 unspecified atom stereocenters. The van der Waals surface area contributed by atoms with Crippen molar-refractivity contribution in [1.82, 2.24) is 14.8 Å². The average Bonchev–Trinajstić information content (AvgIpc) is 3.06. The van der Waals surface area contributed by atoms with Crippen molar-refractivity contribution in [1.29, 1.82) is 0 Å². The van der Waals surface area contributed by atoms with Gasteiger partial charge in [-0.05, 0) is 25.0 Å². The minimum atomic E-state index is 0.0147. The summed E-state index contributed by atoms with van der Waals surface area (Å²) in [6, 6.07) is 9.79. The zero-order valence-corrected chi connectivity index (χ0v) is 14.4. The normalized spacial score (nSPS) is 15.3. The molecule has 0 atom stereocenters. The van der Waals surface area contributed by atoms with Gasteiger partial charge in [-0.1, -0.05) is 32.0 Å². The van der Waals surface area contributed by atoms with E-state index in [1.807, 2.05) is 40.1 Å². The summed E-state index contributed by atoms with van der Waals surface area (Å²) in [5.74, 6) is 0.361. The number of hydrogen-bond acceptors (Lipinski definition) is 2. The maximum atomic E-state index is 12.7. The molecule has 1 N–H and O–H groups in total. The molecule has 1 saturated heterocycles. The number of amides is 2. The first-order valence-electron chi connectivity index (χ1n) is 8.79. The van der Waals surface area contributed by atoms with Gasteiger partial charge in [-0.25, -0.2) is 0 Å². The fourth-order valence-electron chi connectivity index (χ4n) is 3.38. The van der Waals surface area contributed by atoms with Crippen LogP contribution in [0.2, 0.25) is 0 Å². The van der Waals surface area contributed by atoms with Gasteiger partial charge in [0.05, 0.1) is 0 Å². The summed E-state index contributed by atoms with van der Waals surface area (Å²) in [5.41, 5.74) is 1.60. The van der Waals surface area contributed by atoms with Gasteiger partial charge in [-0.3, -0.25) is 9.59 Å². The minimum absolute atomic E-state index is 0.0147. The van der Waals surface area contributed by atoms with Gasteiger partial charge in [-0.2, -0.15) is 0 Å². The van der Waals surface area contributed by atoms with Crippen LogP contribution in [0.1, 0.15) is 37.2 Å². The predicted molar refractivity (Wildman–Crippen MR) is 94.9 cm³/mol. The van der Waals surface area contributed by atoms with Crippen LogP contribution in [0.25, 0.3) is 10.9 Å². The Kier molecular flexibility index (Phi) is 4.88. The molecule has 3 rings (SSSR count). The van der Waals surface area contributed by atoms with Crippen LogP contribution in [-0.4, -0.2) is 52.8 Å². The summed E-state index contributed by atoms with van der Waals surface area (Å²) in [7, 11) is 0. The number of fused-ring (bicyclic) bond motifs is 1. The van der Waals surface area contributed by atoms with Crippen molar-refractivity contribution in [3.8, 4) is 0 Å². The van der Waals surface area contributed by atoms with E-state index < -0.39 is 0 Å². The summed E-state index contributed by atoms with van der Waals surface area (Å²) < 4.78 is 0. The maximum Gasteiger partial charge on any atom is 0.270 e. The van der Waals surface area contributed by atoms with Gasteiger partial charge in [0.25, 0.3) is 5.91 Å². The Labute approximate surface area is 142 Å². The lowest BCUT2D eigenvalue weighted by molar-refractivity contribution is -0.137. The third kappa shape index (κ3) is 3.16. The van der Waals surface area contributed by atoms with Crippen molar-refractivity contribution in [3.63, 3.8) is 0 Å². The molecule has 24 heavy (non-hydrogen) atoms. The number of nitrogens with zero attached hydrogens (tertiary/aromatic N) is 2. The van der Waals surface area contributed by atoms with Crippen LogP contribution in [0.4, 0.5) is 0 Å². The molecular formula is C19H25N3O2. The Hall–Kier alpha value is -2.30. The zero-order chi connectivity index (χ0) is 17.1. The number of carbonyl (C=O) groups is 2. The smallest absolute Gasteiger partial charge is 0.270 e. The number of hydrogen-bond donors (Lipinski definition) is 1. The summed E-state index contributed by atoms with van der Waals surface area (Å²) in [4.78, 5) is 32.1. The molecule has 1 fully saturated rings. The average molecular weight is 327 g/mol. The molecule has 1 aliphatic heterocycles. The topological polar surface area (TPSA) is 56.4 Å². The Balaban J connectivity index is 1.64. The van der Waals surface area contributed by atoms with E-state index in [-0.39, 0.29) is 17.7 Å². The summed E-state index contributed by atoms with van der Waals surface area (Å²) in [6.45, 7) is 6.56. The highest BCUT2D eigenvalue weighted by atomic mass is 16.2. The molecule has 0 aliphatic carbocycles. The number of H-pyrrole nitrogens is 1. The van der Waals surface area contributed by atoms with Crippen LogP contribution in [0.3, 0.4) is 0 Å². The van der Waals surface area contributed by atoms with Crippen LogP contribution in [0.5, 0.6) is 0 Å². The maximum absolute atomic E-state index is 12.7. The third-order valence-corrected chi connectivity index (χ3v) is 4.97. The van der Waals surface area contributed by atoms with Crippen LogP contribution >= 0.6 is 0 Å². The van der Waals surface area contributed by atoms with Crippen LogP contribution in [-0.2, 0) is 4.79 Å². The van der Waals surface area contributed by atoms with E-state index in [2.05, 4.69) is 18.8 Å². The second kappa shape index (κ2) is 7.07. The van der Waals surface area contributed by atoms with Gasteiger partial charge < -0.3 is 14.8 Å². The van der Waals surface area contributed by atoms with Crippen molar-refractivity contribution in [2.45, 2.75) is 26.7 Å². The Morgan fingerprint density at radius 3 is 2.29 bits per heavy atom. The molecule has 2 heterocycles. The lowest BCUT2D eigenvalue weighted by Gasteiger charge is -2.36. The van der Waals surface area contributed by atoms with Crippen LogP contribution in [0, 0.1) is 5.92 Å². The number of nitrogens with one attached hydrogen (secondary N) is 1. The Morgan fingerprint density at radius 1 is 1.04 bits per heavy atom. The number of carbonyl (C=O) groups excluding carboxylic acids is 2. The molecule has 0 bridgehead atoms. The van der Waals surface area contributed by atoms with E-state index in [1.165, 1.54) is 0 Å². The summed E-state index contributed by atoms with van der Waals surface area (Å²) in [5, 5.41) is 1.04. The molecule has 0 spiro atoms. The number of para-hydroxylation sites is 1. The van der Waals surface area contributed by atoms with Crippen LogP contribution < -0.4 is 0 Å². The van der Waals surface area contributed by atoms with Gasteiger partial charge in [0.15, 0.2) is 0 Å². The zero-order valence-electron chi connectivity index (χ0n) is 14.4. The number of aromatic nitrogens is 1. The van der Waals surface area contributed by atoms with E-state index in [9.17, 15) is 9.59 Å². The largest absolute Gasteiger partial charge is 0.351 e. The second-order valence-electron chi connectivity index (χ2n) is 6.40. The van der Waals surface area contributed by atoms with Gasteiger partial charge in [0.2, 0.25) is 5.91 Å². The quantitative estimate of drug-likeness (QED) is 0.939.